The quantitative estimate of drug-likeness (QED) is 0.891. The molecule has 106 valence electrons. The van der Waals surface area contributed by atoms with Gasteiger partial charge >= 0.3 is 0 Å². The number of likely N-dealkylation sites (N-methyl/N-ethyl adjacent to an activating group) is 1. The van der Waals surface area contributed by atoms with Crippen molar-refractivity contribution in [2.45, 2.75) is 38.8 Å². The molecular weight excluding hydrogens is 263 g/mol. The minimum atomic E-state index is -0.216. The van der Waals surface area contributed by atoms with E-state index in [0.29, 0.717) is 17.6 Å². The Morgan fingerprint density at radius 2 is 2.26 bits per heavy atom. The number of nitrogens with zero attached hydrogens (tertiary/aromatic N) is 1. The zero-order chi connectivity index (χ0) is 13.7. The first kappa shape index (κ1) is 14.8. The SMILES string of the molecule is CCN(Cc1cc(F)ccc1Cl)CC1CCCCN1. The van der Waals surface area contributed by atoms with Crippen molar-refractivity contribution in [2.75, 3.05) is 19.6 Å². The van der Waals surface area contributed by atoms with Gasteiger partial charge in [-0.25, -0.2) is 4.39 Å². The predicted octanol–water partition coefficient (Wildman–Crippen LogP) is 3.44. The maximum atomic E-state index is 13.3. The van der Waals surface area contributed by atoms with Crippen molar-refractivity contribution in [2.24, 2.45) is 0 Å². The van der Waals surface area contributed by atoms with Gasteiger partial charge in [-0.05, 0) is 49.7 Å². The number of rotatable bonds is 5. The van der Waals surface area contributed by atoms with Crippen LogP contribution in [0.4, 0.5) is 4.39 Å². The highest BCUT2D eigenvalue weighted by molar-refractivity contribution is 6.31. The molecule has 1 fully saturated rings. The van der Waals surface area contributed by atoms with Crippen molar-refractivity contribution < 1.29 is 4.39 Å². The second-order valence-corrected chi connectivity index (χ2v) is 5.62. The minimum Gasteiger partial charge on any atom is -0.313 e. The first-order chi connectivity index (χ1) is 9.19. The van der Waals surface area contributed by atoms with Crippen LogP contribution in [0.1, 0.15) is 31.7 Å². The van der Waals surface area contributed by atoms with E-state index in [-0.39, 0.29) is 5.82 Å². The van der Waals surface area contributed by atoms with E-state index in [1.165, 1.54) is 25.3 Å². The van der Waals surface area contributed by atoms with Crippen molar-refractivity contribution >= 4 is 11.6 Å². The fraction of sp³-hybridized carbons (Fsp3) is 0.600. The van der Waals surface area contributed by atoms with E-state index in [0.717, 1.165) is 25.2 Å². The Hall–Kier alpha value is -0.640. The van der Waals surface area contributed by atoms with Crippen LogP contribution in [-0.4, -0.2) is 30.6 Å². The molecule has 1 aliphatic heterocycles. The van der Waals surface area contributed by atoms with E-state index in [4.69, 9.17) is 11.6 Å². The van der Waals surface area contributed by atoms with Gasteiger partial charge in [0.1, 0.15) is 5.82 Å². The maximum Gasteiger partial charge on any atom is 0.123 e. The van der Waals surface area contributed by atoms with Crippen molar-refractivity contribution in [3.63, 3.8) is 0 Å². The summed E-state index contributed by atoms with van der Waals surface area (Å²) in [5, 5.41) is 4.20. The van der Waals surface area contributed by atoms with Crippen molar-refractivity contribution in [3.05, 3.63) is 34.6 Å². The van der Waals surface area contributed by atoms with Gasteiger partial charge in [-0.3, -0.25) is 4.90 Å². The molecule has 0 aliphatic carbocycles. The van der Waals surface area contributed by atoms with Crippen molar-refractivity contribution in [3.8, 4) is 0 Å². The van der Waals surface area contributed by atoms with Gasteiger partial charge in [-0.2, -0.15) is 0 Å². The lowest BCUT2D eigenvalue weighted by molar-refractivity contribution is 0.226. The molecule has 1 saturated heterocycles. The predicted molar refractivity (Wildman–Crippen MR) is 78.0 cm³/mol. The molecule has 1 heterocycles. The van der Waals surface area contributed by atoms with E-state index < -0.39 is 0 Å². The monoisotopic (exact) mass is 284 g/mol. The Kier molecular flexibility index (Phi) is 5.61. The summed E-state index contributed by atoms with van der Waals surface area (Å²) in [6.07, 6.45) is 3.81. The Morgan fingerprint density at radius 3 is 2.95 bits per heavy atom. The summed E-state index contributed by atoms with van der Waals surface area (Å²) in [6.45, 7) is 5.92. The zero-order valence-electron chi connectivity index (χ0n) is 11.5. The largest absolute Gasteiger partial charge is 0.313 e. The molecule has 2 nitrogen and oxygen atoms in total. The van der Waals surface area contributed by atoms with Gasteiger partial charge in [0.05, 0.1) is 0 Å². The zero-order valence-corrected chi connectivity index (χ0v) is 12.2. The summed E-state index contributed by atoms with van der Waals surface area (Å²) < 4.78 is 13.3. The second kappa shape index (κ2) is 7.22. The summed E-state index contributed by atoms with van der Waals surface area (Å²) in [6, 6.07) is 5.14. The number of hydrogen-bond donors (Lipinski definition) is 1. The van der Waals surface area contributed by atoms with Gasteiger partial charge in [0, 0.05) is 24.2 Å². The molecule has 1 aromatic carbocycles. The van der Waals surface area contributed by atoms with Gasteiger partial charge in [-0.15, -0.1) is 0 Å². The summed E-state index contributed by atoms with van der Waals surface area (Å²) in [5.74, 6) is -0.216. The number of halogens is 2. The topological polar surface area (TPSA) is 15.3 Å². The molecule has 1 atom stereocenters. The molecule has 0 aromatic heterocycles. The summed E-state index contributed by atoms with van der Waals surface area (Å²) in [5.41, 5.74) is 0.874. The molecule has 19 heavy (non-hydrogen) atoms. The van der Waals surface area contributed by atoms with E-state index in [9.17, 15) is 4.39 Å². The molecule has 0 amide bonds. The highest BCUT2D eigenvalue weighted by Gasteiger charge is 2.16. The van der Waals surface area contributed by atoms with Crippen LogP contribution in [0.5, 0.6) is 0 Å². The molecule has 2 rings (SSSR count). The van der Waals surface area contributed by atoms with Gasteiger partial charge in [0.15, 0.2) is 0 Å². The highest BCUT2D eigenvalue weighted by Crippen LogP contribution is 2.19. The standard InChI is InChI=1S/C15H22ClFN2/c1-2-19(11-14-5-3-4-8-18-14)10-12-9-13(17)6-7-15(12)16/h6-7,9,14,18H,2-5,8,10-11H2,1H3. The van der Waals surface area contributed by atoms with E-state index >= 15 is 0 Å². The van der Waals surface area contributed by atoms with Gasteiger partial charge in [0.25, 0.3) is 0 Å². The average molecular weight is 285 g/mol. The molecule has 1 aliphatic rings. The molecular formula is C15H22ClFN2. The summed E-state index contributed by atoms with van der Waals surface area (Å²) in [4.78, 5) is 2.32. The van der Waals surface area contributed by atoms with E-state index in [2.05, 4.69) is 17.1 Å². The number of hydrogen-bond acceptors (Lipinski definition) is 2. The molecule has 0 saturated carbocycles. The first-order valence-corrected chi connectivity index (χ1v) is 7.46. The van der Waals surface area contributed by atoms with Crippen molar-refractivity contribution in [1.29, 1.82) is 0 Å². The van der Waals surface area contributed by atoms with Crippen LogP contribution in [0.25, 0.3) is 0 Å². The minimum absolute atomic E-state index is 0.216. The van der Waals surface area contributed by atoms with Crippen LogP contribution in [0.3, 0.4) is 0 Å². The Labute approximate surface area is 119 Å². The molecule has 4 heteroatoms. The van der Waals surface area contributed by atoms with Gasteiger partial charge < -0.3 is 5.32 Å². The van der Waals surface area contributed by atoms with Crippen LogP contribution in [-0.2, 0) is 6.54 Å². The lowest BCUT2D eigenvalue weighted by Gasteiger charge is -2.30. The fourth-order valence-electron chi connectivity index (χ4n) is 2.60. The molecule has 1 aromatic rings. The Balaban J connectivity index is 1.95. The van der Waals surface area contributed by atoms with E-state index in [1.807, 2.05) is 0 Å². The Morgan fingerprint density at radius 1 is 1.42 bits per heavy atom. The lowest BCUT2D eigenvalue weighted by Crippen LogP contribution is -2.43. The second-order valence-electron chi connectivity index (χ2n) is 5.21. The highest BCUT2D eigenvalue weighted by atomic mass is 35.5. The third kappa shape index (κ3) is 4.44. The van der Waals surface area contributed by atoms with Crippen LogP contribution < -0.4 is 5.32 Å². The number of nitrogens with one attached hydrogen (secondary N) is 1. The van der Waals surface area contributed by atoms with Crippen LogP contribution in [0.2, 0.25) is 5.02 Å². The third-order valence-electron chi connectivity index (χ3n) is 3.74. The number of piperidine rings is 1. The van der Waals surface area contributed by atoms with Crippen LogP contribution in [0, 0.1) is 5.82 Å². The lowest BCUT2D eigenvalue weighted by atomic mass is 10.0. The third-order valence-corrected chi connectivity index (χ3v) is 4.11. The van der Waals surface area contributed by atoms with Crippen LogP contribution in [0.15, 0.2) is 18.2 Å². The van der Waals surface area contributed by atoms with Gasteiger partial charge in [-0.1, -0.05) is 24.9 Å². The molecule has 0 radical (unpaired) electrons. The van der Waals surface area contributed by atoms with Gasteiger partial charge in [0.2, 0.25) is 0 Å². The smallest absolute Gasteiger partial charge is 0.123 e. The Bertz CT molecular complexity index is 405. The van der Waals surface area contributed by atoms with E-state index in [1.54, 1.807) is 12.1 Å². The first-order valence-electron chi connectivity index (χ1n) is 7.08. The molecule has 0 bridgehead atoms. The average Bonchev–Trinajstić information content (AvgIpc) is 2.43. The molecule has 1 N–H and O–H groups in total. The summed E-state index contributed by atoms with van der Waals surface area (Å²) >= 11 is 6.13. The maximum absolute atomic E-state index is 13.3. The normalized spacial score (nSPS) is 19.9. The summed E-state index contributed by atoms with van der Waals surface area (Å²) in [7, 11) is 0. The van der Waals surface area contributed by atoms with Crippen molar-refractivity contribution in [1.82, 2.24) is 10.2 Å². The number of benzene rings is 1. The molecule has 1 unspecified atom stereocenters. The fourth-order valence-corrected chi connectivity index (χ4v) is 2.78. The van der Waals surface area contributed by atoms with Crippen LogP contribution >= 0.6 is 11.6 Å². The molecule has 0 spiro atoms.